The van der Waals surface area contributed by atoms with Gasteiger partial charge in [-0.15, -0.1) is 0 Å². The van der Waals surface area contributed by atoms with Crippen molar-refractivity contribution in [1.29, 1.82) is 0 Å². The number of benzene rings is 2. The van der Waals surface area contributed by atoms with Gasteiger partial charge < -0.3 is 14.6 Å². The summed E-state index contributed by atoms with van der Waals surface area (Å²) in [6, 6.07) is 12.9. The van der Waals surface area contributed by atoms with Crippen LogP contribution in [0.25, 0.3) is 0 Å². The van der Waals surface area contributed by atoms with Gasteiger partial charge in [0.15, 0.2) is 11.5 Å². The highest BCUT2D eigenvalue weighted by molar-refractivity contribution is 14.1. The van der Waals surface area contributed by atoms with Crippen molar-refractivity contribution in [3.8, 4) is 11.5 Å². The molecule has 2 N–H and O–H groups in total. The van der Waals surface area contributed by atoms with Crippen LogP contribution in [-0.4, -0.2) is 34.3 Å². The topological polar surface area (TPSA) is 136 Å². The van der Waals surface area contributed by atoms with E-state index in [-0.39, 0.29) is 17.9 Å². The number of pyridine rings is 1. The molecule has 0 amide bonds. The van der Waals surface area contributed by atoms with E-state index in [2.05, 4.69) is 38.1 Å². The fraction of sp³-hybridized carbons (Fsp3) is 0.0952. The SMILES string of the molecule is COc1cc(/C=N/Nc2ccc([N+](=O)[O-])cn2)cc(I)c1OCc1cccc(C(=O)O)c1. The minimum atomic E-state index is -1.000. The van der Waals surface area contributed by atoms with Gasteiger partial charge in [-0.05, 0) is 64.0 Å². The van der Waals surface area contributed by atoms with Crippen LogP contribution >= 0.6 is 22.6 Å². The second-order valence-electron chi connectivity index (χ2n) is 6.36. The first-order chi connectivity index (χ1) is 15.4. The molecule has 0 aliphatic carbocycles. The summed E-state index contributed by atoms with van der Waals surface area (Å²) in [6.07, 6.45) is 2.69. The third-order valence-electron chi connectivity index (χ3n) is 4.16. The van der Waals surface area contributed by atoms with Gasteiger partial charge in [-0.2, -0.15) is 5.10 Å². The largest absolute Gasteiger partial charge is 0.493 e. The van der Waals surface area contributed by atoms with Gasteiger partial charge in [-0.3, -0.25) is 15.5 Å². The number of nitrogens with zero attached hydrogens (tertiary/aromatic N) is 3. The van der Waals surface area contributed by atoms with Crippen molar-refractivity contribution in [1.82, 2.24) is 4.98 Å². The minimum absolute atomic E-state index is 0.107. The van der Waals surface area contributed by atoms with E-state index in [1.807, 2.05) is 6.07 Å². The molecule has 0 atom stereocenters. The molecule has 32 heavy (non-hydrogen) atoms. The highest BCUT2D eigenvalue weighted by Crippen LogP contribution is 2.34. The number of hydrogen-bond acceptors (Lipinski definition) is 8. The molecule has 3 rings (SSSR count). The molecule has 0 unspecified atom stereocenters. The van der Waals surface area contributed by atoms with Gasteiger partial charge in [-0.1, -0.05) is 12.1 Å². The van der Waals surface area contributed by atoms with Gasteiger partial charge >= 0.3 is 5.97 Å². The Morgan fingerprint density at radius 1 is 1.31 bits per heavy atom. The number of rotatable bonds is 9. The van der Waals surface area contributed by atoms with E-state index in [0.29, 0.717) is 22.9 Å². The molecule has 1 heterocycles. The number of aromatic carboxylic acids is 1. The molecule has 0 saturated carbocycles. The standard InChI is InChI=1S/C21H17IN4O6/c1-31-18-9-14(10-24-25-19-6-5-16(11-23-19)26(29)30)8-17(22)20(18)32-12-13-3-2-4-15(7-13)21(27)28/h2-11H,12H2,1H3,(H,23,25)(H,27,28)/b24-10+. The summed E-state index contributed by atoms with van der Waals surface area (Å²) in [6.45, 7) is 0.175. The molecule has 0 saturated heterocycles. The Morgan fingerprint density at radius 2 is 2.12 bits per heavy atom. The van der Waals surface area contributed by atoms with Crippen molar-refractivity contribution in [3.05, 3.63) is 85.1 Å². The number of carboxylic acid groups (broad SMARTS) is 1. The summed E-state index contributed by atoms with van der Waals surface area (Å²) in [5.74, 6) is 0.370. The quantitative estimate of drug-likeness (QED) is 0.175. The third-order valence-corrected chi connectivity index (χ3v) is 4.96. The molecule has 0 aliphatic rings. The molecule has 3 aromatic rings. The van der Waals surface area contributed by atoms with Gasteiger partial charge in [0, 0.05) is 6.07 Å². The molecule has 0 radical (unpaired) electrons. The Balaban J connectivity index is 1.70. The molecule has 2 aromatic carbocycles. The van der Waals surface area contributed by atoms with E-state index < -0.39 is 10.9 Å². The van der Waals surface area contributed by atoms with E-state index >= 15 is 0 Å². The summed E-state index contributed by atoms with van der Waals surface area (Å²) in [4.78, 5) is 25.2. The van der Waals surface area contributed by atoms with Gasteiger partial charge in [-0.25, -0.2) is 9.78 Å². The summed E-state index contributed by atoms with van der Waals surface area (Å²) >= 11 is 2.11. The highest BCUT2D eigenvalue weighted by Gasteiger charge is 2.12. The van der Waals surface area contributed by atoms with Crippen molar-refractivity contribution in [3.63, 3.8) is 0 Å². The lowest BCUT2D eigenvalue weighted by Gasteiger charge is -2.14. The number of nitrogens with one attached hydrogen (secondary N) is 1. The first-order valence-corrected chi connectivity index (χ1v) is 10.2. The number of nitro groups is 1. The zero-order valence-corrected chi connectivity index (χ0v) is 18.8. The molecular formula is C21H17IN4O6. The number of hydrogen-bond donors (Lipinski definition) is 2. The summed E-state index contributed by atoms with van der Waals surface area (Å²) in [5.41, 5.74) is 4.23. The van der Waals surface area contributed by atoms with Crippen LogP contribution in [0.4, 0.5) is 11.5 Å². The lowest BCUT2D eigenvalue weighted by Crippen LogP contribution is -2.03. The number of aromatic nitrogens is 1. The number of carboxylic acids is 1. The van der Waals surface area contributed by atoms with Crippen molar-refractivity contribution < 1.29 is 24.3 Å². The maximum atomic E-state index is 11.1. The van der Waals surface area contributed by atoms with Gasteiger partial charge in [0.2, 0.25) is 0 Å². The number of methoxy groups -OCH3 is 1. The molecule has 0 aliphatic heterocycles. The van der Waals surface area contributed by atoms with Crippen LogP contribution in [0, 0.1) is 13.7 Å². The van der Waals surface area contributed by atoms with Crippen molar-refractivity contribution in [2.24, 2.45) is 5.10 Å². The van der Waals surface area contributed by atoms with Gasteiger partial charge in [0.1, 0.15) is 18.6 Å². The smallest absolute Gasteiger partial charge is 0.335 e. The number of carbonyl (C=O) groups is 1. The van der Waals surface area contributed by atoms with E-state index in [1.54, 1.807) is 30.5 Å². The number of anilines is 1. The van der Waals surface area contributed by atoms with Crippen LogP contribution in [0.2, 0.25) is 0 Å². The van der Waals surface area contributed by atoms with Crippen LogP contribution < -0.4 is 14.9 Å². The van der Waals surface area contributed by atoms with Gasteiger partial charge in [0.25, 0.3) is 5.69 Å². The minimum Gasteiger partial charge on any atom is -0.493 e. The third kappa shape index (κ3) is 5.91. The Hall–Kier alpha value is -3.74. The van der Waals surface area contributed by atoms with E-state index in [0.717, 1.165) is 15.3 Å². The molecular weight excluding hydrogens is 531 g/mol. The predicted octanol–water partition coefficient (Wildman–Crippen LogP) is 4.33. The van der Waals surface area contributed by atoms with Crippen LogP contribution in [0.3, 0.4) is 0 Å². The predicted molar refractivity (Wildman–Crippen MR) is 126 cm³/mol. The average Bonchev–Trinajstić information content (AvgIpc) is 2.78. The average molecular weight is 548 g/mol. The summed E-state index contributed by atoms with van der Waals surface area (Å²) < 4.78 is 12.1. The van der Waals surface area contributed by atoms with E-state index in [4.69, 9.17) is 14.6 Å². The second-order valence-corrected chi connectivity index (χ2v) is 7.52. The van der Waals surface area contributed by atoms with E-state index in [1.165, 1.54) is 25.3 Å². The number of halogens is 1. The summed E-state index contributed by atoms with van der Waals surface area (Å²) in [5, 5.41) is 23.9. The summed E-state index contributed by atoms with van der Waals surface area (Å²) in [7, 11) is 1.52. The van der Waals surface area contributed by atoms with Crippen molar-refractivity contribution in [2.45, 2.75) is 6.61 Å². The fourth-order valence-electron chi connectivity index (χ4n) is 2.64. The monoisotopic (exact) mass is 548 g/mol. The first-order valence-electron chi connectivity index (χ1n) is 9.09. The molecule has 0 fully saturated rings. The zero-order valence-electron chi connectivity index (χ0n) is 16.7. The lowest BCUT2D eigenvalue weighted by molar-refractivity contribution is -0.385. The number of hydrazone groups is 1. The Kier molecular flexibility index (Phi) is 7.54. The molecule has 11 heteroatoms. The van der Waals surface area contributed by atoms with Crippen LogP contribution in [0.15, 0.2) is 59.8 Å². The second kappa shape index (κ2) is 10.5. The van der Waals surface area contributed by atoms with Gasteiger partial charge in [0.05, 0.1) is 27.4 Å². The molecule has 10 nitrogen and oxygen atoms in total. The Labute approximate surface area is 196 Å². The lowest BCUT2D eigenvalue weighted by atomic mass is 10.1. The first kappa shape index (κ1) is 22.9. The Bertz CT molecular complexity index is 1170. The molecule has 0 spiro atoms. The van der Waals surface area contributed by atoms with Crippen LogP contribution in [-0.2, 0) is 6.61 Å². The van der Waals surface area contributed by atoms with Crippen LogP contribution in [0.1, 0.15) is 21.5 Å². The fourth-order valence-corrected chi connectivity index (χ4v) is 3.42. The van der Waals surface area contributed by atoms with E-state index in [9.17, 15) is 14.9 Å². The maximum Gasteiger partial charge on any atom is 0.335 e. The van der Waals surface area contributed by atoms with Crippen LogP contribution in [0.5, 0.6) is 11.5 Å². The maximum absolute atomic E-state index is 11.1. The highest BCUT2D eigenvalue weighted by atomic mass is 127. The number of ether oxygens (including phenoxy) is 2. The zero-order chi connectivity index (χ0) is 23.1. The molecule has 0 bridgehead atoms. The normalized spacial score (nSPS) is 10.7. The molecule has 1 aromatic heterocycles. The Morgan fingerprint density at radius 3 is 2.78 bits per heavy atom. The van der Waals surface area contributed by atoms with Crippen molar-refractivity contribution in [2.75, 3.05) is 12.5 Å². The van der Waals surface area contributed by atoms with Crippen molar-refractivity contribution >= 4 is 46.3 Å². The molecule has 164 valence electrons.